The maximum absolute atomic E-state index is 14.4. The number of unbranched alkanes of at least 4 members (excludes halogenated alkanes) is 1. The Morgan fingerprint density at radius 2 is 0.709 bits per heavy atom. The van der Waals surface area contributed by atoms with E-state index in [4.69, 9.17) is 17.2 Å². The molecule has 0 bridgehead atoms. The number of benzene rings is 1. The highest BCUT2D eigenvalue weighted by Gasteiger charge is 2.40. The minimum absolute atomic E-state index is 0.0638. The number of nitrogens with two attached hydrogens (primary N) is 3. The predicted molar refractivity (Wildman–Crippen MR) is 427 cm³/mol. The van der Waals surface area contributed by atoms with Crippen molar-refractivity contribution in [2.75, 3.05) is 50.3 Å². The fraction of sp³-hybridized carbons (Fsp3) is 0.658. The summed E-state index contributed by atoms with van der Waals surface area (Å²) >= 11 is 2.73. The third-order valence-electron chi connectivity index (χ3n) is 17.8. The molecule has 16 amide bonds. The summed E-state index contributed by atoms with van der Waals surface area (Å²) in [6, 6.07) is -15.4. The summed E-state index contributed by atoms with van der Waals surface area (Å²) in [6.07, 6.45) is 0.829. The Morgan fingerprint density at radius 3 is 1.12 bits per heavy atom. The van der Waals surface area contributed by atoms with Crippen LogP contribution in [-0.4, -0.2) is 279 Å². The van der Waals surface area contributed by atoms with Crippen molar-refractivity contribution in [3.05, 3.63) is 35.9 Å². The number of carbonyl (C=O) groups excluding carboxylic acids is 16. The minimum Gasteiger partial charge on any atom is -0.481 e. The van der Waals surface area contributed by atoms with Crippen molar-refractivity contribution >= 4 is 136 Å². The molecule has 1 aromatic carbocycles. The van der Waals surface area contributed by atoms with Gasteiger partial charge in [-0.1, -0.05) is 99.6 Å². The first kappa shape index (κ1) is 105. The van der Waals surface area contributed by atoms with Crippen molar-refractivity contribution < 1.29 is 117 Å². The molecule has 0 saturated heterocycles. The molecule has 0 aliphatic rings. The number of carboxylic acid groups (broad SMARTS) is 3. The van der Waals surface area contributed by atoms with Gasteiger partial charge in [-0.2, -0.15) is 23.5 Å². The number of thioether (sulfide) groups is 2. The molecule has 0 aromatic heterocycles. The number of aliphatic hydroxyl groups excluding tert-OH is 2. The summed E-state index contributed by atoms with van der Waals surface area (Å²) in [7, 11) is 0. The second-order valence-electron chi connectivity index (χ2n) is 29.4. The SMILES string of the molecule is CSCC[C@H](NC(=O)[C@@H](NC(=O)CNC(=O)[C@H](CO)NC(=O)[C@H](C)NC(=O)[C@@H](N)CCSC)C(C)C)C(=O)N[C@H](C(=O)N[C@@H](CO)C(=O)N[C@@H](CC(=O)O)C(=O)N[C@@H](CC(=O)O)C(=O)N[C@H](C(=O)N[C@H](C(=O)N[C@@H](CCCCN)C(=O)N[C@H](C(=O)N[C@@H](Cc1ccccc1)C(=O)N[C@@H](CC(N)=O)C(=O)O)C(C)C)C(C)C)C(C)C)C(C)C. The summed E-state index contributed by atoms with van der Waals surface area (Å²) in [5, 5.41) is 85.6. The summed E-state index contributed by atoms with van der Waals surface area (Å²) in [5.74, 6) is -24.6. The number of hydrogen-bond donors (Lipinski definition) is 23. The van der Waals surface area contributed by atoms with Crippen LogP contribution < -0.4 is 97.0 Å². The first-order valence-corrected chi connectivity index (χ1v) is 40.7. The summed E-state index contributed by atoms with van der Waals surface area (Å²) in [4.78, 5) is 255. The fourth-order valence-corrected chi connectivity index (χ4v) is 12.0. The van der Waals surface area contributed by atoms with Crippen LogP contribution in [0, 0.1) is 29.6 Å². The molecule has 0 radical (unpaired) electrons. The first-order valence-electron chi connectivity index (χ1n) is 38.0. The van der Waals surface area contributed by atoms with Crippen LogP contribution in [-0.2, 0) is 97.5 Å². The molecule has 0 heterocycles. The van der Waals surface area contributed by atoms with E-state index in [0.29, 0.717) is 24.2 Å². The zero-order valence-corrected chi connectivity index (χ0v) is 69.7. The van der Waals surface area contributed by atoms with E-state index in [1.54, 1.807) is 64.3 Å². The third-order valence-corrected chi connectivity index (χ3v) is 19.1. The number of amides is 16. The highest BCUT2D eigenvalue weighted by Crippen LogP contribution is 2.15. The number of nitrogens with one attached hydrogen (secondary N) is 15. The molecule has 1 aromatic rings. The number of carboxylic acids is 3. The van der Waals surface area contributed by atoms with Crippen LogP contribution in [0.5, 0.6) is 0 Å². The van der Waals surface area contributed by atoms with Gasteiger partial charge in [0.05, 0.1) is 45.1 Å². The molecule has 0 aliphatic carbocycles. The molecule has 0 spiro atoms. The number of aliphatic carboxylic acids is 3. The van der Waals surface area contributed by atoms with Crippen LogP contribution in [0.4, 0.5) is 0 Å². The normalized spacial score (nSPS) is 15.1. The molecule has 26 N–H and O–H groups in total. The van der Waals surface area contributed by atoms with E-state index < -0.39 is 272 Å². The van der Waals surface area contributed by atoms with Crippen molar-refractivity contribution in [1.82, 2.24) is 79.8 Å². The van der Waals surface area contributed by atoms with Crippen molar-refractivity contribution in [3.8, 4) is 0 Å². The standard InChI is InChI=1S/C73H120N18O24S2/c1-34(2)54(87-51(95)31-77-61(102)48(32-92)85-59(100)39(11)78-60(101)41(75)22-25-116-12)68(109)80-43(23-26-117-13)63(104)89-56(36(5)6)71(112)86-49(33-93)67(108)82-45(29-52(96)97)65(106)81-46(30-53(98)99)66(107)90-58(38(9)10)72(113)91-57(37(7)8)69(110)79-42(21-17-18-24-74)62(103)88-55(35(3)4)70(111)83-44(27-40-19-15-14-16-20-40)64(105)84-47(73(114)115)28-50(76)94/h14-16,19-20,34-39,41-49,54-58,92-93H,17-18,21-33,74-75H2,1-13H3,(H2,76,94)(H,77,102)(H,78,101)(H,79,110)(H,80,109)(H,81,106)(H,82,108)(H,83,111)(H,84,105)(H,85,100)(H,86,112)(H,87,95)(H,88,103)(H,89,104)(H,90,107)(H,91,113)(H,96,97)(H,98,99)(H,114,115)/t39-,41-,42-,43-,44-,45-,46-,47-,48-,49-,54-,55-,56-,57-,58-/m0/s1. The van der Waals surface area contributed by atoms with Gasteiger partial charge in [0.1, 0.15) is 84.6 Å². The number of hydrogen-bond acceptors (Lipinski definition) is 25. The van der Waals surface area contributed by atoms with Gasteiger partial charge in [-0.25, -0.2) is 4.79 Å². The van der Waals surface area contributed by atoms with Gasteiger partial charge in [0, 0.05) is 6.42 Å². The van der Waals surface area contributed by atoms with E-state index in [1.165, 1.54) is 72.0 Å². The third kappa shape index (κ3) is 38.5. The Bertz CT molecular complexity index is 3560. The molecule has 42 nitrogen and oxygen atoms in total. The Hall–Kier alpha value is -10.3. The van der Waals surface area contributed by atoms with Gasteiger partial charge in [-0.15, -0.1) is 0 Å². The number of primary amides is 1. The zero-order valence-electron chi connectivity index (χ0n) is 68.1. The van der Waals surface area contributed by atoms with Gasteiger partial charge in [-0.05, 0) is 105 Å². The fourth-order valence-electron chi connectivity index (χ4n) is 11.0. The monoisotopic (exact) mass is 1700 g/mol. The zero-order chi connectivity index (χ0) is 89.3. The van der Waals surface area contributed by atoms with E-state index in [9.17, 15) is 117 Å². The quantitative estimate of drug-likeness (QED) is 0.0270. The van der Waals surface area contributed by atoms with Crippen molar-refractivity contribution in [3.63, 3.8) is 0 Å². The van der Waals surface area contributed by atoms with Gasteiger partial charge >= 0.3 is 17.9 Å². The first-order chi connectivity index (χ1) is 54.8. The van der Waals surface area contributed by atoms with E-state index >= 15 is 0 Å². The predicted octanol–water partition coefficient (Wildman–Crippen LogP) is -6.71. The largest absolute Gasteiger partial charge is 0.481 e. The van der Waals surface area contributed by atoms with E-state index in [-0.39, 0.29) is 38.0 Å². The highest BCUT2D eigenvalue weighted by atomic mass is 32.2. The lowest BCUT2D eigenvalue weighted by Gasteiger charge is -2.30. The Labute approximate surface area is 686 Å². The maximum atomic E-state index is 14.4. The van der Waals surface area contributed by atoms with Crippen LogP contribution in [0.3, 0.4) is 0 Å². The molecule has 658 valence electrons. The van der Waals surface area contributed by atoms with Gasteiger partial charge in [0.2, 0.25) is 94.5 Å². The van der Waals surface area contributed by atoms with Crippen molar-refractivity contribution in [2.24, 2.45) is 46.8 Å². The lowest BCUT2D eigenvalue weighted by Crippen LogP contribution is -2.62. The minimum atomic E-state index is -2.20. The van der Waals surface area contributed by atoms with Crippen LogP contribution in [0.2, 0.25) is 0 Å². The van der Waals surface area contributed by atoms with E-state index in [0.717, 1.165) is 0 Å². The lowest BCUT2D eigenvalue weighted by molar-refractivity contribution is -0.144. The number of rotatable bonds is 56. The smallest absolute Gasteiger partial charge is 0.326 e. The molecular weight excluding hydrogens is 1580 g/mol. The molecule has 0 unspecified atom stereocenters. The van der Waals surface area contributed by atoms with Crippen LogP contribution >= 0.6 is 23.5 Å². The van der Waals surface area contributed by atoms with E-state index in [1.807, 2.05) is 6.26 Å². The summed E-state index contributed by atoms with van der Waals surface area (Å²) < 4.78 is 0. The molecule has 15 atom stereocenters. The molecule has 0 aliphatic heterocycles. The molecular formula is C73H120N18O24S2. The molecule has 44 heteroatoms. The molecule has 0 fully saturated rings. The number of carbonyl (C=O) groups is 19. The molecule has 0 saturated carbocycles. The Kier molecular flexibility index (Phi) is 48.2. The van der Waals surface area contributed by atoms with Gasteiger partial charge < -0.3 is 122 Å². The maximum Gasteiger partial charge on any atom is 0.326 e. The van der Waals surface area contributed by atoms with Crippen LogP contribution in [0.15, 0.2) is 30.3 Å². The van der Waals surface area contributed by atoms with Gasteiger partial charge in [0.25, 0.3) is 0 Å². The second-order valence-corrected chi connectivity index (χ2v) is 31.3. The van der Waals surface area contributed by atoms with Gasteiger partial charge in [0.15, 0.2) is 0 Å². The topological polar surface area (TPSA) is 684 Å². The van der Waals surface area contributed by atoms with Crippen molar-refractivity contribution in [2.45, 2.75) is 225 Å². The summed E-state index contributed by atoms with van der Waals surface area (Å²) in [5.41, 5.74) is 17.4. The van der Waals surface area contributed by atoms with Crippen molar-refractivity contribution in [1.29, 1.82) is 0 Å². The lowest BCUT2D eigenvalue weighted by atomic mass is 9.98. The number of aliphatic hydroxyl groups is 2. The summed E-state index contributed by atoms with van der Waals surface area (Å²) in [6.45, 7) is 13.6. The molecule has 117 heavy (non-hydrogen) atoms. The average molecular weight is 1700 g/mol. The Balaban J connectivity index is 3.42. The average Bonchev–Trinajstić information content (AvgIpc) is 0.853. The Morgan fingerprint density at radius 1 is 0.368 bits per heavy atom. The van der Waals surface area contributed by atoms with Gasteiger partial charge in [-0.3, -0.25) is 86.3 Å². The highest BCUT2D eigenvalue weighted by molar-refractivity contribution is 7.98. The van der Waals surface area contributed by atoms with E-state index in [2.05, 4.69) is 79.8 Å². The van der Waals surface area contributed by atoms with Crippen LogP contribution in [0.1, 0.15) is 133 Å². The molecule has 1 rings (SSSR count). The van der Waals surface area contributed by atoms with Crippen LogP contribution in [0.25, 0.3) is 0 Å². The second kappa shape index (κ2) is 53.8.